The number of nitrogens with zero attached hydrogens (tertiary/aromatic N) is 4. The molecule has 0 bridgehead atoms. The van der Waals surface area contributed by atoms with Gasteiger partial charge in [0.25, 0.3) is 0 Å². The van der Waals surface area contributed by atoms with Gasteiger partial charge in [-0.3, -0.25) is 0 Å². The van der Waals surface area contributed by atoms with Crippen LogP contribution in [-0.4, -0.2) is 19.5 Å². The Morgan fingerprint density at radius 3 is 1.47 bits per heavy atom. The summed E-state index contributed by atoms with van der Waals surface area (Å²) in [6.07, 6.45) is 0. The van der Waals surface area contributed by atoms with Crippen LogP contribution in [0, 0.1) is 0 Å². The molecule has 13 aromatic rings. The van der Waals surface area contributed by atoms with E-state index in [0.29, 0.717) is 17.5 Å². The molecule has 68 heavy (non-hydrogen) atoms. The van der Waals surface area contributed by atoms with Crippen LogP contribution in [-0.2, 0) is 0 Å². The number of para-hydroxylation sites is 2. The van der Waals surface area contributed by atoms with Gasteiger partial charge in [0.05, 0.1) is 11.0 Å². The lowest BCUT2D eigenvalue weighted by Crippen LogP contribution is -2.01. The summed E-state index contributed by atoms with van der Waals surface area (Å²) in [5, 5.41) is 4.53. The predicted molar refractivity (Wildman–Crippen MR) is 279 cm³/mol. The van der Waals surface area contributed by atoms with Crippen molar-refractivity contribution in [3.63, 3.8) is 0 Å². The Balaban J connectivity index is 1.07. The van der Waals surface area contributed by atoms with Gasteiger partial charge >= 0.3 is 0 Å². The van der Waals surface area contributed by atoms with Crippen LogP contribution in [0.1, 0.15) is 0 Å². The molecule has 0 spiro atoms. The molecular weight excluding hydrogens is 829 g/mol. The number of furan rings is 1. The summed E-state index contributed by atoms with van der Waals surface area (Å²) in [5.41, 5.74) is 16.5. The van der Waals surface area contributed by atoms with Gasteiger partial charge < -0.3 is 8.98 Å². The molecule has 0 amide bonds. The molecule has 0 aliphatic carbocycles. The topological polar surface area (TPSA) is 56.7 Å². The minimum absolute atomic E-state index is 0.577. The van der Waals surface area contributed by atoms with Gasteiger partial charge in [-0.25, -0.2) is 15.0 Å². The maximum absolute atomic E-state index is 6.86. The molecule has 0 fully saturated rings. The molecule has 3 heterocycles. The third-order valence-electron chi connectivity index (χ3n) is 13.1. The van der Waals surface area contributed by atoms with Gasteiger partial charge in [0.1, 0.15) is 11.2 Å². The molecule has 13 rings (SSSR count). The highest BCUT2D eigenvalue weighted by Crippen LogP contribution is 2.46. The summed E-state index contributed by atoms with van der Waals surface area (Å²) in [5.74, 6) is 1.78. The van der Waals surface area contributed by atoms with Crippen molar-refractivity contribution in [3.8, 4) is 84.4 Å². The molecule has 0 saturated heterocycles. The Kier molecular flexibility index (Phi) is 9.43. The quantitative estimate of drug-likeness (QED) is 0.153. The first-order valence-electron chi connectivity index (χ1n) is 22.9. The van der Waals surface area contributed by atoms with Crippen LogP contribution in [0.25, 0.3) is 128 Å². The number of hydrogen-bond acceptors (Lipinski definition) is 4. The SMILES string of the molecule is c1ccc(-c2nc(-c3ccccc3)nc(-c3cc(-c4c(-c5ccccc5)cccc4-c4ccccc4)ccc3-c3ccc4c(c3)oc3ccc5c(c6ccccc6n5-c5ccccc5)c34)n2)cc1. The monoisotopic (exact) mass is 868 g/mol. The first-order chi connectivity index (χ1) is 33.7. The zero-order valence-corrected chi connectivity index (χ0v) is 36.8. The second-order valence-corrected chi connectivity index (χ2v) is 17.1. The van der Waals surface area contributed by atoms with Crippen molar-refractivity contribution >= 4 is 43.7 Å². The lowest BCUT2D eigenvalue weighted by Gasteiger charge is -2.19. The van der Waals surface area contributed by atoms with Crippen molar-refractivity contribution in [1.29, 1.82) is 0 Å². The van der Waals surface area contributed by atoms with Gasteiger partial charge in [0.15, 0.2) is 17.5 Å². The van der Waals surface area contributed by atoms with Crippen LogP contribution in [0.5, 0.6) is 0 Å². The van der Waals surface area contributed by atoms with Gasteiger partial charge in [0, 0.05) is 43.9 Å². The Hall–Kier alpha value is -9.19. The first kappa shape index (κ1) is 39.2. The zero-order valence-electron chi connectivity index (χ0n) is 36.8. The fourth-order valence-corrected chi connectivity index (χ4v) is 9.99. The van der Waals surface area contributed by atoms with Crippen molar-refractivity contribution in [2.45, 2.75) is 0 Å². The second kappa shape index (κ2) is 16.4. The molecule has 0 aliphatic rings. The van der Waals surface area contributed by atoms with Crippen molar-refractivity contribution in [1.82, 2.24) is 19.5 Å². The van der Waals surface area contributed by atoms with Crippen LogP contribution >= 0.6 is 0 Å². The van der Waals surface area contributed by atoms with Crippen molar-refractivity contribution in [3.05, 3.63) is 243 Å². The average Bonchev–Trinajstić information content (AvgIpc) is 3.97. The lowest BCUT2D eigenvalue weighted by molar-refractivity contribution is 0.669. The molecular formula is C63H40N4O. The summed E-state index contributed by atoms with van der Waals surface area (Å²) in [6.45, 7) is 0. The van der Waals surface area contributed by atoms with Gasteiger partial charge in [-0.15, -0.1) is 0 Å². The van der Waals surface area contributed by atoms with Crippen LogP contribution in [0.15, 0.2) is 247 Å². The molecule has 0 aliphatic heterocycles. The highest BCUT2D eigenvalue weighted by atomic mass is 16.3. The van der Waals surface area contributed by atoms with Crippen LogP contribution in [0.3, 0.4) is 0 Å². The fourth-order valence-electron chi connectivity index (χ4n) is 9.99. The highest BCUT2D eigenvalue weighted by molar-refractivity contribution is 6.27. The van der Waals surface area contributed by atoms with E-state index in [0.717, 1.165) is 99.9 Å². The Bertz CT molecular complexity index is 3880. The van der Waals surface area contributed by atoms with E-state index < -0.39 is 0 Å². The van der Waals surface area contributed by atoms with Crippen molar-refractivity contribution < 1.29 is 4.42 Å². The minimum atomic E-state index is 0.577. The summed E-state index contributed by atoms with van der Waals surface area (Å²) < 4.78 is 9.21. The molecule has 0 saturated carbocycles. The minimum Gasteiger partial charge on any atom is -0.456 e. The Morgan fingerprint density at radius 2 is 0.838 bits per heavy atom. The molecule has 0 radical (unpaired) electrons. The summed E-state index contributed by atoms with van der Waals surface area (Å²) in [4.78, 5) is 15.7. The van der Waals surface area contributed by atoms with E-state index in [9.17, 15) is 0 Å². The van der Waals surface area contributed by atoms with E-state index in [1.165, 1.54) is 10.8 Å². The summed E-state index contributed by atoms with van der Waals surface area (Å²) in [7, 11) is 0. The second-order valence-electron chi connectivity index (χ2n) is 17.1. The smallest absolute Gasteiger partial charge is 0.164 e. The lowest BCUT2D eigenvalue weighted by atomic mass is 9.85. The van der Waals surface area contributed by atoms with Crippen molar-refractivity contribution in [2.75, 3.05) is 0 Å². The van der Waals surface area contributed by atoms with E-state index in [4.69, 9.17) is 19.4 Å². The number of aromatic nitrogens is 4. The molecule has 0 N–H and O–H groups in total. The fraction of sp³-hybridized carbons (Fsp3) is 0. The zero-order chi connectivity index (χ0) is 45.0. The van der Waals surface area contributed by atoms with Gasteiger partial charge in [0.2, 0.25) is 0 Å². The molecule has 5 nitrogen and oxygen atoms in total. The summed E-state index contributed by atoms with van der Waals surface area (Å²) >= 11 is 0. The molecule has 5 heteroatoms. The number of rotatable bonds is 8. The molecule has 318 valence electrons. The molecule has 0 atom stereocenters. The van der Waals surface area contributed by atoms with Crippen molar-refractivity contribution in [2.24, 2.45) is 0 Å². The maximum atomic E-state index is 6.86. The van der Waals surface area contributed by atoms with E-state index in [-0.39, 0.29) is 0 Å². The number of benzene rings is 10. The first-order valence-corrected chi connectivity index (χ1v) is 22.9. The third-order valence-corrected chi connectivity index (χ3v) is 13.1. The largest absolute Gasteiger partial charge is 0.456 e. The van der Waals surface area contributed by atoms with Gasteiger partial charge in [-0.2, -0.15) is 0 Å². The van der Waals surface area contributed by atoms with Crippen LogP contribution < -0.4 is 0 Å². The number of hydrogen-bond donors (Lipinski definition) is 0. The summed E-state index contributed by atoms with van der Waals surface area (Å²) in [6, 6.07) is 85.1. The van der Waals surface area contributed by atoms with Gasteiger partial charge in [-0.05, 0) is 93.0 Å². The van der Waals surface area contributed by atoms with Gasteiger partial charge in [-0.1, -0.05) is 194 Å². The maximum Gasteiger partial charge on any atom is 0.164 e. The van der Waals surface area contributed by atoms with E-state index in [1.807, 2.05) is 36.4 Å². The van der Waals surface area contributed by atoms with Crippen LogP contribution in [0.2, 0.25) is 0 Å². The van der Waals surface area contributed by atoms with E-state index in [2.05, 4.69) is 211 Å². The normalized spacial score (nSPS) is 11.5. The molecule has 10 aromatic carbocycles. The standard InChI is InChI=1S/C63H40N4O/c1-6-19-41(20-7-1)49-30-18-31-50(42-21-8-2-9-22-42)58(49)46-34-35-48(53(39-46)63-65-61(43-23-10-3-11-24-43)64-62(66-63)44-25-12-4-13-26-44)45-33-36-52-57(40-45)68-56-38-37-55-59(60(52)56)51-29-16-17-32-54(51)67(55)47-27-14-5-15-28-47/h1-40H. The highest BCUT2D eigenvalue weighted by Gasteiger charge is 2.23. The third kappa shape index (κ3) is 6.68. The van der Waals surface area contributed by atoms with E-state index in [1.54, 1.807) is 0 Å². The Labute approximate surface area is 392 Å². The molecule has 0 unspecified atom stereocenters. The predicted octanol–water partition coefficient (Wildman–Crippen LogP) is 16.5. The van der Waals surface area contributed by atoms with E-state index >= 15 is 0 Å². The number of fused-ring (bicyclic) bond motifs is 7. The van der Waals surface area contributed by atoms with Crippen LogP contribution in [0.4, 0.5) is 0 Å². The average molecular weight is 869 g/mol. The molecule has 3 aromatic heterocycles. The Morgan fingerprint density at radius 1 is 0.294 bits per heavy atom.